The van der Waals surface area contributed by atoms with E-state index in [1.165, 1.54) is 11.0 Å². The van der Waals surface area contributed by atoms with Gasteiger partial charge in [0.05, 0.1) is 10.6 Å². The molecule has 0 saturated carbocycles. The maximum Gasteiger partial charge on any atom is 0.257 e. The van der Waals surface area contributed by atoms with Crippen molar-refractivity contribution in [3.8, 4) is 5.75 Å². The molecule has 1 rings (SSSR count). The number of halogens is 1. The van der Waals surface area contributed by atoms with E-state index in [1.54, 1.807) is 14.0 Å². The molecule has 1 aromatic rings. The monoisotopic (exact) mass is 270 g/mol. The van der Waals surface area contributed by atoms with Crippen molar-refractivity contribution in [2.24, 2.45) is 5.73 Å². The Morgan fingerprint density at radius 2 is 2.22 bits per heavy atom. The van der Waals surface area contributed by atoms with Gasteiger partial charge in [-0.15, -0.1) is 0 Å². The Morgan fingerprint density at radius 1 is 1.61 bits per heavy atom. The molecule has 6 heteroatoms. The molecule has 98 valence electrons. The first-order valence-electron chi connectivity index (χ1n) is 5.37. The fourth-order valence-electron chi connectivity index (χ4n) is 1.50. The van der Waals surface area contributed by atoms with Gasteiger partial charge in [-0.25, -0.2) is 4.39 Å². The molecular weight excluding hydrogens is 255 g/mol. The van der Waals surface area contributed by atoms with Gasteiger partial charge in [-0.05, 0) is 19.1 Å². The zero-order chi connectivity index (χ0) is 13.9. The van der Waals surface area contributed by atoms with Crippen molar-refractivity contribution in [1.82, 2.24) is 4.90 Å². The third-order valence-electron chi connectivity index (χ3n) is 2.67. The van der Waals surface area contributed by atoms with E-state index in [9.17, 15) is 14.3 Å². The summed E-state index contributed by atoms with van der Waals surface area (Å²) in [5.74, 6) is -1.38. The maximum atomic E-state index is 12.8. The van der Waals surface area contributed by atoms with Crippen LogP contribution < -0.4 is 5.73 Å². The lowest BCUT2D eigenvalue weighted by atomic mass is 10.1. The number of aromatic hydroxyl groups is 1. The smallest absolute Gasteiger partial charge is 0.257 e. The minimum atomic E-state index is -0.595. The molecule has 0 bridgehead atoms. The van der Waals surface area contributed by atoms with Crippen LogP contribution in [0.25, 0.3) is 0 Å². The van der Waals surface area contributed by atoms with Crippen LogP contribution in [-0.4, -0.2) is 34.0 Å². The highest BCUT2D eigenvalue weighted by atomic mass is 32.1. The summed E-state index contributed by atoms with van der Waals surface area (Å²) in [4.78, 5) is 13.8. The number of nitrogens with two attached hydrogens (primary N) is 1. The van der Waals surface area contributed by atoms with Gasteiger partial charge in [0.2, 0.25) is 0 Å². The van der Waals surface area contributed by atoms with E-state index >= 15 is 0 Å². The summed E-state index contributed by atoms with van der Waals surface area (Å²) >= 11 is 4.78. The summed E-state index contributed by atoms with van der Waals surface area (Å²) in [5.41, 5.74) is 5.46. The van der Waals surface area contributed by atoms with Crippen LogP contribution in [-0.2, 0) is 0 Å². The highest BCUT2D eigenvalue weighted by Gasteiger charge is 2.20. The van der Waals surface area contributed by atoms with Crippen LogP contribution in [0, 0.1) is 5.82 Å². The number of thiocarbonyl (C=S) groups is 1. The summed E-state index contributed by atoms with van der Waals surface area (Å²) < 4.78 is 12.8. The zero-order valence-electron chi connectivity index (χ0n) is 10.2. The van der Waals surface area contributed by atoms with Crippen LogP contribution in [0.5, 0.6) is 5.75 Å². The van der Waals surface area contributed by atoms with E-state index in [0.29, 0.717) is 11.4 Å². The van der Waals surface area contributed by atoms with E-state index in [-0.39, 0.29) is 17.4 Å². The Balaban J connectivity index is 2.89. The Bertz CT molecular complexity index is 479. The molecule has 0 aliphatic heterocycles. The molecule has 0 aliphatic rings. The maximum absolute atomic E-state index is 12.8. The van der Waals surface area contributed by atoms with Gasteiger partial charge in [0.15, 0.2) is 0 Å². The fraction of sp³-hybridized carbons (Fsp3) is 0.333. The molecule has 1 aromatic carbocycles. The van der Waals surface area contributed by atoms with Gasteiger partial charge in [-0.3, -0.25) is 4.79 Å². The lowest BCUT2D eigenvalue weighted by Crippen LogP contribution is -2.37. The van der Waals surface area contributed by atoms with Crippen LogP contribution in [0.4, 0.5) is 4.39 Å². The number of amides is 1. The largest absolute Gasteiger partial charge is 0.507 e. The Hall–Kier alpha value is -1.69. The second-order valence-corrected chi connectivity index (χ2v) is 4.62. The molecule has 0 aliphatic carbocycles. The second kappa shape index (κ2) is 5.77. The first kappa shape index (κ1) is 14.4. The predicted octanol–water partition coefficient (Wildman–Crippen LogP) is 1.67. The summed E-state index contributed by atoms with van der Waals surface area (Å²) in [6, 6.07) is 3.08. The molecule has 1 unspecified atom stereocenters. The summed E-state index contributed by atoms with van der Waals surface area (Å²) in [6.45, 7) is 1.79. The molecule has 1 atom stereocenters. The number of carbonyl (C=O) groups is 1. The van der Waals surface area contributed by atoms with Crippen LogP contribution in [0.15, 0.2) is 18.2 Å². The standard InChI is InChI=1S/C12H15FN2O2S/c1-7(5-11(14)18)15(2)12(17)9-4-3-8(13)6-10(9)16/h3-4,6-7,16H,5H2,1-2H3,(H2,14,18). The van der Waals surface area contributed by atoms with Gasteiger partial charge >= 0.3 is 0 Å². The van der Waals surface area contributed by atoms with Gasteiger partial charge in [0, 0.05) is 25.6 Å². The fourth-order valence-corrected chi connectivity index (χ4v) is 1.75. The van der Waals surface area contributed by atoms with Crippen LogP contribution in [0.3, 0.4) is 0 Å². The lowest BCUT2D eigenvalue weighted by molar-refractivity contribution is 0.0745. The van der Waals surface area contributed by atoms with Crippen molar-refractivity contribution in [3.05, 3.63) is 29.6 Å². The Morgan fingerprint density at radius 3 is 2.72 bits per heavy atom. The van der Waals surface area contributed by atoms with E-state index < -0.39 is 11.7 Å². The van der Waals surface area contributed by atoms with Gasteiger partial charge in [0.25, 0.3) is 5.91 Å². The number of phenolic OH excluding ortho intramolecular Hbond substituents is 1. The lowest BCUT2D eigenvalue weighted by Gasteiger charge is -2.24. The second-order valence-electron chi connectivity index (χ2n) is 4.10. The number of hydrogen-bond acceptors (Lipinski definition) is 3. The van der Waals surface area contributed by atoms with Crippen molar-refractivity contribution in [2.45, 2.75) is 19.4 Å². The molecule has 18 heavy (non-hydrogen) atoms. The third-order valence-corrected chi connectivity index (χ3v) is 2.83. The zero-order valence-corrected chi connectivity index (χ0v) is 11.0. The predicted molar refractivity (Wildman–Crippen MR) is 71.0 cm³/mol. The average molecular weight is 270 g/mol. The van der Waals surface area contributed by atoms with Crippen LogP contribution in [0.1, 0.15) is 23.7 Å². The topological polar surface area (TPSA) is 66.6 Å². The summed E-state index contributed by atoms with van der Waals surface area (Å²) in [5, 5.41) is 9.54. The summed E-state index contributed by atoms with van der Waals surface area (Å²) in [7, 11) is 1.58. The van der Waals surface area contributed by atoms with Crippen LogP contribution >= 0.6 is 12.2 Å². The highest BCUT2D eigenvalue weighted by Crippen LogP contribution is 2.20. The molecule has 0 saturated heterocycles. The molecule has 4 nitrogen and oxygen atoms in total. The number of nitrogens with zero attached hydrogens (tertiary/aromatic N) is 1. The quantitative estimate of drug-likeness (QED) is 0.817. The van der Waals surface area contributed by atoms with E-state index in [1.807, 2.05) is 0 Å². The minimum absolute atomic E-state index is 0.0497. The number of rotatable bonds is 4. The minimum Gasteiger partial charge on any atom is -0.507 e. The van der Waals surface area contributed by atoms with Crippen molar-refractivity contribution < 1.29 is 14.3 Å². The van der Waals surface area contributed by atoms with E-state index in [0.717, 1.165) is 12.1 Å². The van der Waals surface area contributed by atoms with Gasteiger partial charge < -0.3 is 15.7 Å². The molecule has 0 spiro atoms. The van der Waals surface area contributed by atoms with E-state index in [2.05, 4.69) is 0 Å². The normalized spacial score (nSPS) is 11.9. The third kappa shape index (κ3) is 3.40. The number of hydrogen-bond donors (Lipinski definition) is 2. The molecule has 1 amide bonds. The van der Waals surface area contributed by atoms with E-state index in [4.69, 9.17) is 18.0 Å². The average Bonchev–Trinajstić information content (AvgIpc) is 2.26. The van der Waals surface area contributed by atoms with Crippen molar-refractivity contribution in [2.75, 3.05) is 7.05 Å². The van der Waals surface area contributed by atoms with Gasteiger partial charge in [0.1, 0.15) is 11.6 Å². The van der Waals surface area contributed by atoms with Crippen molar-refractivity contribution >= 4 is 23.1 Å². The SMILES string of the molecule is CC(CC(N)=S)N(C)C(=O)c1ccc(F)cc1O. The highest BCUT2D eigenvalue weighted by molar-refractivity contribution is 7.80. The molecule has 3 N–H and O–H groups in total. The van der Waals surface area contributed by atoms with Gasteiger partial charge in [-0.1, -0.05) is 12.2 Å². The van der Waals surface area contributed by atoms with Crippen LogP contribution in [0.2, 0.25) is 0 Å². The van der Waals surface area contributed by atoms with Crippen molar-refractivity contribution in [1.29, 1.82) is 0 Å². The molecule has 0 aromatic heterocycles. The summed E-state index contributed by atoms with van der Waals surface area (Å²) in [6.07, 6.45) is 0.388. The number of carbonyl (C=O) groups excluding carboxylic acids is 1. The Labute approximate surface area is 110 Å². The Kier molecular flexibility index (Phi) is 4.61. The molecule has 0 heterocycles. The number of benzene rings is 1. The molecular formula is C12H15FN2O2S. The number of phenols is 1. The first-order valence-corrected chi connectivity index (χ1v) is 5.77. The van der Waals surface area contributed by atoms with Gasteiger partial charge in [-0.2, -0.15) is 0 Å². The first-order chi connectivity index (χ1) is 8.32. The molecule has 0 fully saturated rings. The van der Waals surface area contributed by atoms with Crippen molar-refractivity contribution in [3.63, 3.8) is 0 Å². The molecule has 0 radical (unpaired) electrons.